The summed E-state index contributed by atoms with van der Waals surface area (Å²) in [4.78, 5) is 37.6. The van der Waals surface area contributed by atoms with Crippen molar-refractivity contribution in [3.8, 4) is 0 Å². The Morgan fingerprint density at radius 3 is 2.21 bits per heavy atom. The maximum absolute atomic E-state index is 13.0. The van der Waals surface area contributed by atoms with E-state index in [1.165, 1.54) is 29.2 Å². The number of nitro groups is 1. The lowest BCUT2D eigenvalue weighted by Crippen LogP contribution is -2.33. The van der Waals surface area contributed by atoms with Crippen LogP contribution >= 0.6 is 0 Å². The molecule has 0 radical (unpaired) electrons. The van der Waals surface area contributed by atoms with Gasteiger partial charge < -0.3 is 19.8 Å². The summed E-state index contributed by atoms with van der Waals surface area (Å²) in [5, 5.41) is 30.9. The predicted molar refractivity (Wildman–Crippen MR) is 125 cm³/mol. The Kier molecular flexibility index (Phi) is 7.48. The van der Waals surface area contributed by atoms with Crippen LogP contribution in [0.1, 0.15) is 43.5 Å². The number of amides is 1. The molecule has 1 saturated heterocycles. The highest BCUT2D eigenvalue weighted by atomic mass is 16.6. The van der Waals surface area contributed by atoms with Gasteiger partial charge in [-0.2, -0.15) is 0 Å². The van der Waals surface area contributed by atoms with Gasteiger partial charge in [-0.05, 0) is 28.7 Å². The number of carbonyl (C=O) groups excluding carboxylic acids is 2. The van der Waals surface area contributed by atoms with Crippen molar-refractivity contribution < 1.29 is 29.5 Å². The molecule has 3 rings (SSSR count). The summed E-state index contributed by atoms with van der Waals surface area (Å²) in [6, 6.07) is 11.7. The van der Waals surface area contributed by atoms with E-state index in [0.29, 0.717) is 5.56 Å². The zero-order valence-corrected chi connectivity index (χ0v) is 19.4. The van der Waals surface area contributed by atoms with E-state index in [-0.39, 0.29) is 48.6 Å². The molecule has 0 saturated carbocycles. The number of hydrogen-bond acceptors (Lipinski definition) is 7. The van der Waals surface area contributed by atoms with Gasteiger partial charge in [-0.3, -0.25) is 19.7 Å². The van der Waals surface area contributed by atoms with E-state index < -0.39 is 28.4 Å². The van der Waals surface area contributed by atoms with E-state index in [1.807, 2.05) is 24.3 Å². The Bertz CT molecular complexity index is 1100. The highest BCUT2D eigenvalue weighted by Gasteiger charge is 2.46. The van der Waals surface area contributed by atoms with E-state index in [4.69, 9.17) is 9.84 Å². The van der Waals surface area contributed by atoms with Gasteiger partial charge >= 0.3 is 0 Å². The molecule has 1 amide bonds. The maximum Gasteiger partial charge on any atom is 0.295 e. The fraction of sp³-hybridized carbons (Fsp3) is 0.360. The molecule has 34 heavy (non-hydrogen) atoms. The van der Waals surface area contributed by atoms with E-state index in [9.17, 15) is 24.8 Å². The second kappa shape index (κ2) is 10.1. The van der Waals surface area contributed by atoms with Gasteiger partial charge in [-0.15, -0.1) is 0 Å². The summed E-state index contributed by atoms with van der Waals surface area (Å²) in [5.74, 6) is -2.03. The van der Waals surface area contributed by atoms with Crippen molar-refractivity contribution in [2.24, 2.45) is 0 Å². The first kappa shape index (κ1) is 25.1. The monoisotopic (exact) mass is 468 g/mol. The Balaban J connectivity index is 2.07. The number of rotatable bonds is 8. The molecule has 2 aromatic rings. The molecule has 0 bridgehead atoms. The van der Waals surface area contributed by atoms with Crippen LogP contribution in [0, 0.1) is 10.1 Å². The predicted octanol–water partition coefficient (Wildman–Crippen LogP) is 3.32. The molecular weight excluding hydrogens is 440 g/mol. The van der Waals surface area contributed by atoms with E-state index in [1.54, 1.807) is 0 Å². The zero-order chi connectivity index (χ0) is 25.0. The average Bonchev–Trinajstić information content (AvgIpc) is 3.06. The van der Waals surface area contributed by atoms with Crippen molar-refractivity contribution in [2.45, 2.75) is 32.2 Å². The van der Waals surface area contributed by atoms with Crippen molar-refractivity contribution in [2.75, 3.05) is 26.4 Å². The lowest BCUT2D eigenvalue weighted by Gasteiger charge is -2.26. The molecule has 0 spiro atoms. The highest BCUT2D eigenvalue weighted by Crippen LogP contribution is 2.40. The molecule has 9 heteroatoms. The molecule has 180 valence electrons. The minimum Gasteiger partial charge on any atom is -0.507 e. The second-order valence-electron chi connectivity index (χ2n) is 9.00. The van der Waals surface area contributed by atoms with Gasteiger partial charge in [0.1, 0.15) is 5.76 Å². The summed E-state index contributed by atoms with van der Waals surface area (Å²) in [5.41, 5.74) is 1.54. The van der Waals surface area contributed by atoms with Crippen LogP contribution in [0.4, 0.5) is 5.69 Å². The summed E-state index contributed by atoms with van der Waals surface area (Å²) < 4.78 is 5.29. The van der Waals surface area contributed by atoms with Crippen molar-refractivity contribution in [1.82, 2.24) is 4.90 Å². The number of aliphatic hydroxyl groups is 2. The fourth-order valence-corrected chi connectivity index (χ4v) is 3.85. The van der Waals surface area contributed by atoms with Crippen LogP contribution in [0.5, 0.6) is 0 Å². The first-order chi connectivity index (χ1) is 16.1. The Morgan fingerprint density at radius 2 is 1.68 bits per heavy atom. The van der Waals surface area contributed by atoms with Gasteiger partial charge in [0.15, 0.2) is 0 Å². The number of Topliss-reactive ketones (excluding diaryl/α,β-unsaturated/α-hetero) is 1. The molecule has 1 atom stereocenters. The third-order valence-corrected chi connectivity index (χ3v) is 5.70. The quantitative estimate of drug-likeness (QED) is 0.152. The summed E-state index contributed by atoms with van der Waals surface area (Å²) in [6.45, 7) is 6.31. The number of benzene rings is 2. The van der Waals surface area contributed by atoms with Crippen molar-refractivity contribution >= 4 is 23.1 Å². The van der Waals surface area contributed by atoms with Gasteiger partial charge in [0.2, 0.25) is 0 Å². The number of nitro benzene ring substituents is 1. The molecule has 0 aliphatic carbocycles. The Hall–Kier alpha value is -3.56. The third kappa shape index (κ3) is 5.16. The first-order valence-electron chi connectivity index (χ1n) is 10.9. The largest absolute Gasteiger partial charge is 0.507 e. The van der Waals surface area contributed by atoms with Crippen molar-refractivity contribution in [3.05, 3.63) is 80.9 Å². The van der Waals surface area contributed by atoms with Crippen molar-refractivity contribution in [1.29, 1.82) is 0 Å². The molecule has 0 aromatic heterocycles. The normalized spacial score (nSPS) is 17.9. The third-order valence-electron chi connectivity index (χ3n) is 5.70. The van der Waals surface area contributed by atoms with Gasteiger partial charge in [0, 0.05) is 24.2 Å². The summed E-state index contributed by atoms with van der Waals surface area (Å²) in [7, 11) is 0. The minimum atomic E-state index is -0.859. The number of likely N-dealkylation sites (tertiary alicyclic amines) is 1. The molecular formula is C25H28N2O7. The van der Waals surface area contributed by atoms with Crippen LogP contribution in [-0.2, 0) is 19.7 Å². The molecule has 1 fully saturated rings. The number of non-ortho nitro benzene ring substituents is 1. The summed E-state index contributed by atoms with van der Waals surface area (Å²) >= 11 is 0. The van der Waals surface area contributed by atoms with Crippen LogP contribution in [-0.4, -0.2) is 58.1 Å². The van der Waals surface area contributed by atoms with Gasteiger partial charge in [0.05, 0.1) is 36.4 Å². The van der Waals surface area contributed by atoms with Crippen molar-refractivity contribution in [3.63, 3.8) is 0 Å². The highest BCUT2D eigenvalue weighted by molar-refractivity contribution is 6.46. The molecule has 1 heterocycles. The number of aliphatic hydroxyl groups excluding tert-OH is 2. The van der Waals surface area contributed by atoms with E-state index in [0.717, 1.165) is 5.56 Å². The molecule has 1 aliphatic heterocycles. The van der Waals surface area contributed by atoms with Gasteiger partial charge in [-0.25, -0.2) is 0 Å². The molecule has 2 aromatic carbocycles. The number of carbonyl (C=O) groups is 2. The number of ketones is 1. The molecule has 2 N–H and O–H groups in total. The zero-order valence-electron chi connectivity index (χ0n) is 19.4. The Labute approximate surface area is 197 Å². The van der Waals surface area contributed by atoms with E-state index in [2.05, 4.69) is 20.8 Å². The molecule has 1 aliphatic rings. The second-order valence-corrected chi connectivity index (χ2v) is 9.00. The van der Waals surface area contributed by atoms with E-state index >= 15 is 0 Å². The fourth-order valence-electron chi connectivity index (χ4n) is 3.85. The molecule has 9 nitrogen and oxygen atoms in total. The maximum atomic E-state index is 13.0. The minimum absolute atomic E-state index is 0.0767. The lowest BCUT2D eigenvalue weighted by molar-refractivity contribution is -0.384. The van der Waals surface area contributed by atoms with Gasteiger partial charge in [-0.1, -0.05) is 45.0 Å². The number of nitrogens with zero attached hydrogens (tertiary/aromatic N) is 2. The lowest BCUT2D eigenvalue weighted by atomic mass is 9.85. The number of ether oxygens (including phenoxy) is 1. The average molecular weight is 469 g/mol. The van der Waals surface area contributed by atoms with Crippen LogP contribution in [0.3, 0.4) is 0 Å². The van der Waals surface area contributed by atoms with Crippen LogP contribution in [0.15, 0.2) is 54.1 Å². The van der Waals surface area contributed by atoms with Gasteiger partial charge in [0.25, 0.3) is 17.4 Å². The van der Waals surface area contributed by atoms with Crippen LogP contribution in [0.25, 0.3) is 5.76 Å². The van der Waals surface area contributed by atoms with Crippen LogP contribution in [0.2, 0.25) is 0 Å². The Morgan fingerprint density at radius 1 is 1.06 bits per heavy atom. The van der Waals surface area contributed by atoms with Crippen LogP contribution < -0.4 is 0 Å². The summed E-state index contributed by atoms with van der Waals surface area (Å²) in [6.07, 6.45) is 0. The first-order valence-corrected chi connectivity index (χ1v) is 10.9. The molecule has 1 unspecified atom stereocenters. The topological polar surface area (TPSA) is 130 Å². The smallest absolute Gasteiger partial charge is 0.295 e. The number of hydrogen-bond donors (Lipinski definition) is 2. The SMILES string of the molecule is CC(C)(C)c1ccc(C2C(=C(O)c3ccc([N+](=O)[O-])cc3)C(=O)C(=O)N2CCOCCO)cc1. The standard InChI is InChI=1S/C25H28N2O7/c1-25(2,3)18-8-4-16(5-9-18)21-20(22(29)17-6-10-19(11-7-17)27(32)33)23(30)24(31)26(21)12-14-34-15-13-28/h4-11,21,28-29H,12-15H2,1-3H3.